The maximum absolute atomic E-state index is 11.3. The van der Waals surface area contributed by atoms with Gasteiger partial charge in [0.25, 0.3) is 0 Å². The highest BCUT2D eigenvalue weighted by Crippen LogP contribution is 2.32. The summed E-state index contributed by atoms with van der Waals surface area (Å²) in [6, 6.07) is 2.53. The Morgan fingerprint density at radius 1 is 1.25 bits per heavy atom. The van der Waals surface area contributed by atoms with E-state index in [-0.39, 0.29) is 23.9 Å². The normalized spacial score (nSPS) is 35.8. The van der Waals surface area contributed by atoms with Crippen molar-refractivity contribution in [2.24, 2.45) is 11.7 Å². The van der Waals surface area contributed by atoms with Crippen LogP contribution in [0.2, 0.25) is 0 Å². The van der Waals surface area contributed by atoms with E-state index in [1.807, 2.05) is 0 Å². The smallest absolute Gasteiger partial charge is 0.234 e. The number of likely N-dealkylation sites (tertiary alicyclic amines) is 1. The van der Waals surface area contributed by atoms with Crippen molar-refractivity contribution in [3.63, 3.8) is 0 Å². The fraction of sp³-hybridized carbons (Fsp3) is 0.833. The number of nitrogens with two attached hydrogens (primary N) is 1. The fourth-order valence-corrected chi connectivity index (χ4v) is 3.15. The summed E-state index contributed by atoms with van der Waals surface area (Å²) in [5.74, 6) is -0.131. The van der Waals surface area contributed by atoms with Crippen LogP contribution in [0.5, 0.6) is 0 Å². The van der Waals surface area contributed by atoms with Crippen LogP contribution < -0.4 is 5.73 Å². The molecule has 4 nitrogen and oxygen atoms in total. The molecule has 3 unspecified atom stereocenters. The third kappa shape index (κ3) is 2.05. The standard InChI is InChI=1S/C12H19N3O/c13-8-9-4-1-2-5-10(9)15-7-3-6-11(15)12(14)16/h9-11H,1-7H2,(H2,14,16). The second kappa shape index (κ2) is 4.84. The molecule has 1 saturated carbocycles. The molecule has 1 aliphatic carbocycles. The monoisotopic (exact) mass is 221 g/mol. The number of rotatable bonds is 2. The van der Waals surface area contributed by atoms with Crippen molar-refractivity contribution in [2.75, 3.05) is 6.54 Å². The number of carbonyl (C=O) groups is 1. The number of nitriles is 1. The molecule has 88 valence electrons. The number of primary amides is 1. The third-order valence-corrected chi connectivity index (χ3v) is 3.94. The predicted molar refractivity (Wildman–Crippen MR) is 60.3 cm³/mol. The molecule has 0 aromatic heterocycles. The van der Waals surface area contributed by atoms with Crippen LogP contribution >= 0.6 is 0 Å². The molecule has 0 spiro atoms. The molecule has 2 rings (SSSR count). The number of carbonyl (C=O) groups excluding carboxylic acids is 1. The highest BCUT2D eigenvalue weighted by Gasteiger charge is 2.38. The first-order valence-corrected chi connectivity index (χ1v) is 6.18. The zero-order valence-electron chi connectivity index (χ0n) is 9.56. The Bertz CT molecular complexity index is 310. The van der Waals surface area contributed by atoms with Crippen LogP contribution in [0.4, 0.5) is 0 Å². The Hall–Kier alpha value is -1.08. The van der Waals surface area contributed by atoms with Gasteiger partial charge in [0.05, 0.1) is 18.0 Å². The molecule has 1 saturated heterocycles. The number of hydrogen-bond donors (Lipinski definition) is 1. The van der Waals surface area contributed by atoms with Gasteiger partial charge in [-0.3, -0.25) is 9.69 Å². The summed E-state index contributed by atoms with van der Waals surface area (Å²) in [7, 11) is 0. The van der Waals surface area contributed by atoms with E-state index in [1.165, 1.54) is 6.42 Å². The molecular weight excluding hydrogens is 202 g/mol. The minimum atomic E-state index is -0.222. The van der Waals surface area contributed by atoms with Crippen LogP contribution in [-0.2, 0) is 4.79 Å². The van der Waals surface area contributed by atoms with Gasteiger partial charge >= 0.3 is 0 Å². The summed E-state index contributed by atoms with van der Waals surface area (Å²) >= 11 is 0. The van der Waals surface area contributed by atoms with Gasteiger partial charge in [0.15, 0.2) is 0 Å². The van der Waals surface area contributed by atoms with Crippen LogP contribution in [0.3, 0.4) is 0 Å². The van der Waals surface area contributed by atoms with E-state index in [4.69, 9.17) is 11.0 Å². The summed E-state index contributed by atoms with van der Waals surface area (Å²) in [4.78, 5) is 13.5. The minimum Gasteiger partial charge on any atom is -0.368 e. The van der Waals surface area contributed by atoms with Gasteiger partial charge in [0, 0.05) is 6.04 Å². The van der Waals surface area contributed by atoms with Crippen molar-refractivity contribution in [3.05, 3.63) is 0 Å². The first-order chi connectivity index (χ1) is 7.74. The molecule has 1 heterocycles. The summed E-state index contributed by atoms with van der Waals surface area (Å²) in [5.41, 5.74) is 5.42. The molecule has 0 aromatic rings. The zero-order chi connectivity index (χ0) is 11.5. The van der Waals surface area contributed by atoms with Gasteiger partial charge in [0.1, 0.15) is 0 Å². The van der Waals surface area contributed by atoms with Gasteiger partial charge in [0.2, 0.25) is 5.91 Å². The Kier molecular flexibility index (Phi) is 3.45. The summed E-state index contributed by atoms with van der Waals surface area (Å²) in [6.45, 7) is 0.927. The maximum Gasteiger partial charge on any atom is 0.234 e. The van der Waals surface area contributed by atoms with Crippen LogP contribution in [-0.4, -0.2) is 29.4 Å². The van der Waals surface area contributed by atoms with Gasteiger partial charge in [-0.25, -0.2) is 0 Å². The summed E-state index contributed by atoms with van der Waals surface area (Å²) in [5, 5.41) is 9.15. The molecule has 0 aromatic carbocycles. The molecule has 4 heteroatoms. The van der Waals surface area contributed by atoms with Crippen LogP contribution in [0.25, 0.3) is 0 Å². The van der Waals surface area contributed by atoms with E-state index in [1.54, 1.807) is 0 Å². The van der Waals surface area contributed by atoms with Gasteiger partial charge in [-0.1, -0.05) is 12.8 Å². The van der Waals surface area contributed by atoms with Crippen LogP contribution in [0.1, 0.15) is 38.5 Å². The van der Waals surface area contributed by atoms with Crippen molar-refractivity contribution < 1.29 is 4.79 Å². The highest BCUT2D eigenvalue weighted by atomic mass is 16.1. The maximum atomic E-state index is 11.3. The van der Waals surface area contributed by atoms with E-state index in [0.717, 1.165) is 38.6 Å². The zero-order valence-corrected chi connectivity index (χ0v) is 9.56. The Labute approximate surface area is 96.4 Å². The molecule has 16 heavy (non-hydrogen) atoms. The van der Waals surface area contributed by atoms with Crippen molar-refractivity contribution in [1.82, 2.24) is 4.90 Å². The van der Waals surface area contributed by atoms with Gasteiger partial charge < -0.3 is 5.73 Å². The lowest BCUT2D eigenvalue weighted by Crippen LogP contribution is -2.49. The molecule has 1 amide bonds. The molecule has 2 aliphatic rings. The molecular formula is C12H19N3O. The number of nitrogens with zero attached hydrogens (tertiary/aromatic N) is 2. The van der Waals surface area contributed by atoms with Gasteiger partial charge in [-0.2, -0.15) is 5.26 Å². The Morgan fingerprint density at radius 2 is 2.00 bits per heavy atom. The van der Waals surface area contributed by atoms with Crippen LogP contribution in [0, 0.1) is 17.2 Å². The Balaban J connectivity index is 2.10. The lowest BCUT2D eigenvalue weighted by Gasteiger charge is -2.37. The highest BCUT2D eigenvalue weighted by molar-refractivity contribution is 5.80. The van der Waals surface area contributed by atoms with Crippen molar-refractivity contribution in [3.8, 4) is 6.07 Å². The van der Waals surface area contributed by atoms with E-state index >= 15 is 0 Å². The number of amides is 1. The minimum absolute atomic E-state index is 0.0914. The molecule has 0 radical (unpaired) electrons. The van der Waals surface area contributed by atoms with E-state index in [2.05, 4.69) is 11.0 Å². The number of hydrogen-bond acceptors (Lipinski definition) is 3. The van der Waals surface area contributed by atoms with Crippen LogP contribution in [0.15, 0.2) is 0 Å². The lowest BCUT2D eigenvalue weighted by molar-refractivity contribution is -0.123. The second-order valence-electron chi connectivity index (χ2n) is 4.89. The second-order valence-corrected chi connectivity index (χ2v) is 4.89. The fourth-order valence-electron chi connectivity index (χ4n) is 3.15. The molecule has 2 N–H and O–H groups in total. The Morgan fingerprint density at radius 3 is 2.69 bits per heavy atom. The predicted octanol–water partition coefficient (Wildman–Crippen LogP) is 1.02. The molecule has 0 bridgehead atoms. The lowest BCUT2D eigenvalue weighted by atomic mass is 9.84. The van der Waals surface area contributed by atoms with Gasteiger partial charge in [-0.15, -0.1) is 0 Å². The van der Waals surface area contributed by atoms with Crippen molar-refractivity contribution in [2.45, 2.75) is 50.6 Å². The molecule has 2 fully saturated rings. The van der Waals surface area contributed by atoms with E-state index in [9.17, 15) is 4.79 Å². The van der Waals surface area contributed by atoms with Crippen molar-refractivity contribution in [1.29, 1.82) is 5.26 Å². The SMILES string of the molecule is N#CC1CCCCC1N1CCCC1C(N)=O. The molecule has 1 aliphatic heterocycles. The average Bonchev–Trinajstić information content (AvgIpc) is 2.77. The first kappa shape index (κ1) is 11.4. The molecule has 3 atom stereocenters. The first-order valence-electron chi connectivity index (χ1n) is 6.18. The summed E-state index contributed by atoms with van der Waals surface area (Å²) < 4.78 is 0. The van der Waals surface area contributed by atoms with E-state index < -0.39 is 0 Å². The van der Waals surface area contributed by atoms with Gasteiger partial charge in [-0.05, 0) is 32.2 Å². The average molecular weight is 221 g/mol. The topological polar surface area (TPSA) is 70.1 Å². The third-order valence-electron chi connectivity index (χ3n) is 3.94. The largest absolute Gasteiger partial charge is 0.368 e. The van der Waals surface area contributed by atoms with E-state index in [0.29, 0.717) is 0 Å². The van der Waals surface area contributed by atoms with Crippen molar-refractivity contribution >= 4 is 5.91 Å². The summed E-state index contributed by atoms with van der Waals surface area (Å²) in [6.07, 6.45) is 6.23. The quantitative estimate of drug-likeness (QED) is 0.756.